The summed E-state index contributed by atoms with van der Waals surface area (Å²) in [6.07, 6.45) is 13.5. The van der Waals surface area contributed by atoms with Crippen molar-refractivity contribution in [2.24, 2.45) is 0 Å². The maximum Gasteiger partial charge on any atom is 0.134 e. The number of fused-ring (bicyclic) bond motifs is 7. The fraction of sp³-hybridized carbons (Fsp3) is 0.312. The maximum atomic E-state index is 6.30. The first kappa shape index (κ1) is 21.3. The molecule has 2 aromatic heterocycles. The van der Waals surface area contributed by atoms with Gasteiger partial charge in [0.15, 0.2) is 0 Å². The molecule has 2 nitrogen and oxygen atoms in total. The standard InChI is InChI=1S/C32H32O2/c1-2-3-4-5-6-7-8-9-10-26-19-25-18-23-12-14-27-28(30(23)21-32(25)34-26)13-11-22-17-24-15-16-33-31(24)20-29(22)27/h11-21H,2-10H2,1H3. The predicted octanol–water partition coefficient (Wildman–Crippen LogP) is 10.3. The quantitative estimate of drug-likeness (QED) is 0.162. The lowest BCUT2D eigenvalue weighted by Crippen LogP contribution is -1.84. The third-order valence-corrected chi connectivity index (χ3v) is 7.37. The Bertz CT molecular complexity index is 1600. The smallest absolute Gasteiger partial charge is 0.134 e. The van der Waals surface area contributed by atoms with Crippen molar-refractivity contribution in [2.75, 3.05) is 0 Å². The zero-order valence-corrected chi connectivity index (χ0v) is 20.0. The Labute approximate surface area is 200 Å². The second kappa shape index (κ2) is 9.18. The average Bonchev–Trinajstić information content (AvgIpc) is 3.48. The summed E-state index contributed by atoms with van der Waals surface area (Å²) in [5, 5.41) is 9.86. The molecule has 0 unspecified atom stereocenters. The molecule has 0 N–H and O–H groups in total. The van der Waals surface area contributed by atoms with Crippen molar-refractivity contribution >= 4 is 54.3 Å². The largest absolute Gasteiger partial charge is 0.464 e. The van der Waals surface area contributed by atoms with Crippen LogP contribution < -0.4 is 0 Å². The van der Waals surface area contributed by atoms with Crippen molar-refractivity contribution in [2.45, 2.75) is 64.7 Å². The highest BCUT2D eigenvalue weighted by Gasteiger charge is 2.11. The van der Waals surface area contributed by atoms with Gasteiger partial charge in [-0.25, -0.2) is 0 Å². The zero-order valence-electron chi connectivity index (χ0n) is 20.0. The van der Waals surface area contributed by atoms with Crippen LogP contribution in [0.5, 0.6) is 0 Å². The molecular weight excluding hydrogens is 416 g/mol. The molecule has 0 spiro atoms. The van der Waals surface area contributed by atoms with E-state index in [1.165, 1.54) is 89.1 Å². The van der Waals surface area contributed by atoms with Gasteiger partial charge in [-0.2, -0.15) is 0 Å². The molecule has 0 radical (unpaired) electrons. The lowest BCUT2D eigenvalue weighted by Gasteiger charge is -2.08. The van der Waals surface area contributed by atoms with Crippen molar-refractivity contribution < 1.29 is 8.83 Å². The molecule has 2 heterocycles. The Kier molecular flexibility index (Phi) is 5.74. The van der Waals surface area contributed by atoms with Crippen LogP contribution >= 0.6 is 0 Å². The van der Waals surface area contributed by atoms with E-state index in [1.807, 2.05) is 6.07 Å². The molecule has 0 fully saturated rings. The molecule has 172 valence electrons. The van der Waals surface area contributed by atoms with E-state index >= 15 is 0 Å². The topological polar surface area (TPSA) is 26.3 Å². The highest BCUT2D eigenvalue weighted by molar-refractivity contribution is 6.20. The maximum absolute atomic E-state index is 6.30. The van der Waals surface area contributed by atoms with Gasteiger partial charge in [-0.05, 0) is 75.1 Å². The van der Waals surface area contributed by atoms with Gasteiger partial charge in [0.25, 0.3) is 0 Å². The lowest BCUT2D eigenvalue weighted by atomic mass is 9.96. The molecule has 2 heteroatoms. The minimum atomic E-state index is 0.937. The predicted molar refractivity (Wildman–Crippen MR) is 145 cm³/mol. The number of hydrogen-bond acceptors (Lipinski definition) is 2. The molecule has 0 saturated carbocycles. The molecule has 4 aromatic carbocycles. The molecule has 34 heavy (non-hydrogen) atoms. The summed E-state index contributed by atoms with van der Waals surface area (Å²) in [6.45, 7) is 2.28. The first-order chi connectivity index (χ1) is 16.8. The second-order valence-electron chi connectivity index (χ2n) is 9.81. The van der Waals surface area contributed by atoms with Crippen molar-refractivity contribution in [3.63, 3.8) is 0 Å². The lowest BCUT2D eigenvalue weighted by molar-refractivity contribution is 0.518. The summed E-state index contributed by atoms with van der Waals surface area (Å²) in [4.78, 5) is 0. The summed E-state index contributed by atoms with van der Waals surface area (Å²) in [7, 11) is 0. The van der Waals surface area contributed by atoms with Crippen LogP contribution in [0.2, 0.25) is 0 Å². The minimum Gasteiger partial charge on any atom is -0.464 e. The number of rotatable bonds is 9. The molecule has 0 saturated heterocycles. The number of unbranched alkanes of at least 4 members (excludes halogenated alkanes) is 7. The molecule has 0 aliphatic rings. The van der Waals surface area contributed by atoms with Crippen molar-refractivity contribution in [3.05, 3.63) is 72.7 Å². The Morgan fingerprint density at radius 1 is 0.529 bits per heavy atom. The van der Waals surface area contributed by atoms with Gasteiger partial charge in [0.2, 0.25) is 0 Å². The second-order valence-corrected chi connectivity index (χ2v) is 9.81. The number of benzene rings is 4. The fourth-order valence-corrected chi connectivity index (χ4v) is 5.48. The van der Waals surface area contributed by atoms with Crippen LogP contribution in [0.25, 0.3) is 54.3 Å². The van der Waals surface area contributed by atoms with E-state index in [0.29, 0.717) is 0 Å². The summed E-state index contributed by atoms with van der Waals surface area (Å²) in [5.74, 6) is 1.12. The van der Waals surface area contributed by atoms with Crippen LogP contribution in [0.15, 0.2) is 75.8 Å². The highest BCUT2D eigenvalue weighted by atomic mass is 16.3. The summed E-state index contributed by atoms with van der Waals surface area (Å²) >= 11 is 0. The first-order valence-corrected chi connectivity index (χ1v) is 13.0. The normalized spacial score (nSPS) is 12.1. The van der Waals surface area contributed by atoms with E-state index in [-0.39, 0.29) is 0 Å². The van der Waals surface area contributed by atoms with E-state index in [1.54, 1.807) is 6.26 Å². The zero-order chi connectivity index (χ0) is 22.9. The molecule has 0 atom stereocenters. The third kappa shape index (κ3) is 3.96. The molecule has 0 aliphatic carbocycles. The Hall–Kier alpha value is -3.26. The third-order valence-electron chi connectivity index (χ3n) is 7.37. The minimum absolute atomic E-state index is 0.937. The van der Waals surface area contributed by atoms with E-state index in [2.05, 4.69) is 61.5 Å². The van der Waals surface area contributed by atoms with Crippen LogP contribution in [0.4, 0.5) is 0 Å². The van der Waals surface area contributed by atoms with E-state index in [4.69, 9.17) is 8.83 Å². The van der Waals surface area contributed by atoms with E-state index in [0.717, 1.165) is 28.7 Å². The molecule has 6 aromatic rings. The Balaban J connectivity index is 1.27. The summed E-state index contributed by atoms with van der Waals surface area (Å²) < 4.78 is 12.0. The van der Waals surface area contributed by atoms with Crippen molar-refractivity contribution in [3.8, 4) is 0 Å². The first-order valence-electron chi connectivity index (χ1n) is 13.0. The van der Waals surface area contributed by atoms with Gasteiger partial charge < -0.3 is 8.83 Å². The van der Waals surface area contributed by atoms with Crippen LogP contribution in [-0.4, -0.2) is 0 Å². The van der Waals surface area contributed by atoms with Crippen LogP contribution in [0, 0.1) is 0 Å². The Morgan fingerprint density at radius 3 is 1.91 bits per heavy atom. The molecule has 0 amide bonds. The average molecular weight is 449 g/mol. The van der Waals surface area contributed by atoms with Crippen molar-refractivity contribution in [1.29, 1.82) is 0 Å². The molecule has 6 rings (SSSR count). The van der Waals surface area contributed by atoms with Gasteiger partial charge in [-0.3, -0.25) is 0 Å². The summed E-state index contributed by atoms with van der Waals surface area (Å²) in [5.41, 5.74) is 1.93. The van der Waals surface area contributed by atoms with Gasteiger partial charge in [-0.1, -0.05) is 76.1 Å². The fourth-order valence-electron chi connectivity index (χ4n) is 5.48. The van der Waals surface area contributed by atoms with Crippen LogP contribution in [0.1, 0.15) is 64.1 Å². The monoisotopic (exact) mass is 448 g/mol. The number of hydrogen-bond donors (Lipinski definition) is 0. The summed E-state index contributed by atoms with van der Waals surface area (Å²) in [6, 6.07) is 22.2. The van der Waals surface area contributed by atoms with Gasteiger partial charge in [0, 0.05) is 17.2 Å². The van der Waals surface area contributed by atoms with Gasteiger partial charge in [0.05, 0.1) is 6.26 Å². The highest BCUT2D eigenvalue weighted by Crippen LogP contribution is 2.36. The van der Waals surface area contributed by atoms with Crippen LogP contribution in [-0.2, 0) is 6.42 Å². The number of aryl methyl sites for hydroxylation is 1. The van der Waals surface area contributed by atoms with E-state index < -0.39 is 0 Å². The van der Waals surface area contributed by atoms with E-state index in [9.17, 15) is 0 Å². The van der Waals surface area contributed by atoms with Gasteiger partial charge in [0.1, 0.15) is 16.9 Å². The molecule has 0 aliphatic heterocycles. The molecule has 0 bridgehead atoms. The number of furan rings is 2. The Morgan fingerprint density at radius 2 is 1.18 bits per heavy atom. The van der Waals surface area contributed by atoms with Crippen molar-refractivity contribution in [1.82, 2.24) is 0 Å². The van der Waals surface area contributed by atoms with Gasteiger partial charge >= 0.3 is 0 Å². The van der Waals surface area contributed by atoms with Gasteiger partial charge in [-0.15, -0.1) is 0 Å². The SMILES string of the molecule is CCCCCCCCCCc1cc2cc3ccc4c5cc6occc6cc5ccc4c3cc2o1. The van der Waals surface area contributed by atoms with Crippen LogP contribution in [0.3, 0.4) is 0 Å². The molecular formula is C32H32O2.